The van der Waals surface area contributed by atoms with Gasteiger partial charge in [0.25, 0.3) is 0 Å². The van der Waals surface area contributed by atoms with E-state index in [1.165, 1.54) is 0 Å². The Morgan fingerprint density at radius 2 is 2.08 bits per heavy atom. The highest BCUT2D eigenvalue weighted by molar-refractivity contribution is 5.80. The maximum atomic E-state index is 10.7. The summed E-state index contributed by atoms with van der Waals surface area (Å²) in [5.41, 5.74) is 1.02. The molecule has 1 fully saturated rings. The number of benzene rings is 1. The van der Waals surface area contributed by atoms with Crippen LogP contribution >= 0.6 is 0 Å². The predicted molar refractivity (Wildman–Crippen MR) is 94.8 cm³/mol. The lowest BCUT2D eigenvalue weighted by Crippen LogP contribution is -2.38. The minimum atomic E-state index is -0.534. The van der Waals surface area contributed by atoms with Crippen molar-refractivity contribution in [2.24, 2.45) is 13.0 Å². The van der Waals surface area contributed by atoms with Crippen molar-refractivity contribution in [3.63, 3.8) is 0 Å². The summed E-state index contributed by atoms with van der Waals surface area (Å²) in [5, 5.41) is 11.9. The zero-order valence-electron chi connectivity index (χ0n) is 13.8. The Bertz CT molecular complexity index is 844. The van der Waals surface area contributed by atoms with Gasteiger partial charge in [-0.3, -0.25) is 0 Å². The second-order valence-corrected chi connectivity index (χ2v) is 6.55. The Morgan fingerprint density at radius 3 is 2.92 bits per heavy atom. The standard InChI is InChI=1S/C19H22N4O/c1-22-12-10-20-19(22)18(24)15-6-4-11-23(13-15)17-9-8-14-5-2-3-7-16(14)21-17/h2-3,5,7-10,12,15,18,24H,4,6,11,13H2,1H3. The number of para-hydroxylation sites is 1. The van der Waals surface area contributed by atoms with E-state index in [0.717, 1.165) is 48.5 Å². The van der Waals surface area contributed by atoms with Crippen LogP contribution in [-0.4, -0.2) is 32.7 Å². The molecule has 1 aromatic carbocycles. The number of nitrogens with zero attached hydrogens (tertiary/aromatic N) is 4. The van der Waals surface area contributed by atoms with Crippen LogP contribution < -0.4 is 4.90 Å². The molecule has 1 saturated heterocycles. The van der Waals surface area contributed by atoms with Gasteiger partial charge in [0.05, 0.1) is 5.52 Å². The molecule has 1 aliphatic heterocycles. The van der Waals surface area contributed by atoms with Crippen molar-refractivity contribution >= 4 is 16.7 Å². The molecular formula is C19H22N4O. The number of aliphatic hydroxyl groups excluding tert-OH is 1. The van der Waals surface area contributed by atoms with Crippen LogP contribution in [0.2, 0.25) is 0 Å². The summed E-state index contributed by atoms with van der Waals surface area (Å²) in [7, 11) is 1.93. The van der Waals surface area contributed by atoms with E-state index in [2.05, 4.69) is 28.1 Å². The minimum Gasteiger partial charge on any atom is -0.385 e. The van der Waals surface area contributed by atoms with Crippen LogP contribution in [0.1, 0.15) is 24.8 Å². The van der Waals surface area contributed by atoms with Crippen LogP contribution in [0, 0.1) is 5.92 Å². The van der Waals surface area contributed by atoms with E-state index >= 15 is 0 Å². The fraction of sp³-hybridized carbons (Fsp3) is 0.368. The number of hydrogen-bond donors (Lipinski definition) is 1. The third-order valence-electron chi connectivity index (χ3n) is 4.94. The number of aromatic nitrogens is 3. The zero-order valence-corrected chi connectivity index (χ0v) is 13.8. The SMILES string of the molecule is Cn1ccnc1C(O)C1CCCN(c2ccc3ccccc3n2)C1. The van der Waals surface area contributed by atoms with Crippen molar-refractivity contribution in [1.29, 1.82) is 0 Å². The van der Waals surface area contributed by atoms with E-state index in [0.29, 0.717) is 0 Å². The molecule has 2 atom stereocenters. The van der Waals surface area contributed by atoms with Crippen molar-refractivity contribution in [3.8, 4) is 0 Å². The van der Waals surface area contributed by atoms with Gasteiger partial charge in [0, 0.05) is 43.8 Å². The first-order valence-electron chi connectivity index (χ1n) is 8.48. The highest BCUT2D eigenvalue weighted by atomic mass is 16.3. The number of rotatable bonds is 3. The molecule has 2 aromatic heterocycles. The normalized spacial score (nSPS) is 19.6. The highest BCUT2D eigenvalue weighted by Gasteiger charge is 2.29. The van der Waals surface area contributed by atoms with Gasteiger partial charge in [0.1, 0.15) is 17.7 Å². The second-order valence-electron chi connectivity index (χ2n) is 6.55. The lowest BCUT2D eigenvalue weighted by Gasteiger charge is -2.35. The minimum absolute atomic E-state index is 0.174. The van der Waals surface area contributed by atoms with Gasteiger partial charge in [0.15, 0.2) is 0 Å². The molecule has 0 aliphatic carbocycles. The molecule has 0 amide bonds. The van der Waals surface area contributed by atoms with Crippen LogP contribution in [0.25, 0.3) is 10.9 Å². The van der Waals surface area contributed by atoms with Gasteiger partial charge in [-0.1, -0.05) is 18.2 Å². The summed E-state index contributed by atoms with van der Waals surface area (Å²) in [6.07, 6.45) is 5.15. The molecule has 0 radical (unpaired) electrons. The molecule has 3 heterocycles. The number of anilines is 1. The molecule has 2 unspecified atom stereocenters. The highest BCUT2D eigenvalue weighted by Crippen LogP contribution is 2.31. The third-order valence-corrected chi connectivity index (χ3v) is 4.94. The largest absolute Gasteiger partial charge is 0.385 e. The molecular weight excluding hydrogens is 300 g/mol. The lowest BCUT2D eigenvalue weighted by atomic mass is 9.92. The Morgan fingerprint density at radius 1 is 1.21 bits per heavy atom. The lowest BCUT2D eigenvalue weighted by molar-refractivity contribution is 0.0874. The molecule has 1 N–H and O–H groups in total. The van der Waals surface area contributed by atoms with Gasteiger partial charge in [-0.25, -0.2) is 9.97 Å². The van der Waals surface area contributed by atoms with Crippen LogP contribution in [0.3, 0.4) is 0 Å². The monoisotopic (exact) mass is 322 g/mol. The van der Waals surface area contributed by atoms with Crippen LogP contribution in [0.4, 0.5) is 5.82 Å². The van der Waals surface area contributed by atoms with Crippen molar-refractivity contribution in [1.82, 2.24) is 14.5 Å². The fourth-order valence-electron chi connectivity index (χ4n) is 3.58. The van der Waals surface area contributed by atoms with Crippen molar-refractivity contribution in [2.75, 3.05) is 18.0 Å². The molecule has 3 aromatic rings. The van der Waals surface area contributed by atoms with E-state index in [9.17, 15) is 5.11 Å². The first kappa shape index (κ1) is 15.1. The fourth-order valence-corrected chi connectivity index (χ4v) is 3.58. The second kappa shape index (κ2) is 6.24. The van der Waals surface area contributed by atoms with Gasteiger partial charge in [0.2, 0.25) is 0 Å². The molecule has 5 nitrogen and oxygen atoms in total. The summed E-state index contributed by atoms with van der Waals surface area (Å²) in [5.74, 6) is 1.91. The maximum absolute atomic E-state index is 10.7. The Balaban J connectivity index is 1.56. The first-order valence-corrected chi connectivity index (χ1v) is 8.48. The van der Waals surface area contributed by atoms with E-state index in [1.54, 1.807) is 6.20 Å². The molecule has 24 heavy (non-hydrogen) atoms. The number of aliphatic hydroxyl groups is 1. The van der Waals surface area contributed by atoms with Gasteiger partial charge < -0.3 is 14.6 Å². The number of hydrogen-bond acceptors (Lipinski definition) is 4. The van der Waals surface area contributed by atoms with Gasteiger partial charge in [-0.15, -0.1) is 0 Å². The summed E-state index contributed by atoms with van der Waals surface area (Å²) < 4.78 is 1.90. The summed E-state index contributed by atoms with van der Waals surface area (Å²) in [6, 6.07) is 12.4. The first-order chi connectivity index (χ1) is 11.7. The van der Waals surface area contributed by atoms with Crippen molar-refractivity contribution in [3.05, 3.63) is 54.6 Å². The van der Waals surface area contributed by atoms with Crippen LogP contribution in [0.5, 0.6) is 0 Å². The number of aryl methyl sites for hydroxylation is 1. The molecule has 5 heteroatoms. The summed E-state index contributed by atoms with van der Waals surface area (Å²) in [4.78, 5) is 11.4. The third kappa shape index (κ3) is 2.76. The molecule has 0 saturated carbocycles. The van der Waals surface area contributed by atoms with Crippen molar-refractivity contribution in [2.45, 2.75) is 18.9 Å². The zero-order chi connectivity index (χ0) is 16.5. The maximum Gasteiger partial charge on any atom is 0.137 e. The van der Waals surface area contributed by atoms with Crippen LogP contribution in [-0.2, 0) is 7.05 Å². The Labute approximate surface area is 141 Å². The van der Waals surface area contributed by atoms with Gasteiger partial charge in [-0.2, -0.15) is 0 Å². The van der Waals surface area contributed by atoms with E-state index < -0.39 is 6.10 Å². The van der Waals surface area contributed by atoms with Crippen molar-refractivity contribution < 1.29 is 5.11 Å². The average molecular weight is 322 g/mol. The molecule has 0 spiro atoms. The smallest absolute Gasteiger partial charge is 0.137 e. The number of piperidine rings is 1. The quantitative estimate of drug-likeness (QED) is 0.805. The molecule has 1 aliphatic rings. The topological polar surface area (TPSA) is 54.2 Å². The van der Waals surface area contributed by atoms with E-state index in [4.69, 9.17) is 4.98 Å². The van der Waals surface area contributed by atoms with Crippen LogP contribution in [0.15, 0.2) is 48.8 Å². The van der Waals surface area contributed by atoms with E-state index in [-0.39, 0.29) is 5.92 Å². The van der Waals surface area contributed by atoms with Gasteiger partial charge in [-0.05, 0) is 31.0 Å². The van der Waals surface area contributed by atoms with E-state index in [1.807, 2.05) is 36.0 Å². The molecule has 4 rings (SSSR count). The average Bonchev–Trinajstić information content (AvgIpc) is 3.07. The number of pyridine rings is 1. The molecule has 124 valence electrons. The summed E-state index contributed by atoms with van der Waals surface area (Å²) in [6.45, 7) is 1.79. The number of fused-ring (bicyclic) bond motifs is 1. The Kier molecular flexibility index (Phi) is 3.94. The summed E-state index contributed by atoms with van der Waals surface area (Å²) >= 11 is 0. The molecule has 0 bridgehead atoms. The Hall–Kier alpha value is -2.40. The van der Waals surface area contributed by atoms with Gasteiger partial charge >= 0.3 is 0 Å². The predicted octanol–water partition coefficient (Wildman–Crippen LogP) is 2.92. The number of imidazole rings is 1.